The maximum Gasteiger partial charge on any atom is 0.329 e. The highest BCUT2D eigenvalue weighted by Gasteiger charge is 2.35. The summed E-state index contributed by atoms with van der Waals surface area (Å²) in [5, 5.41) is 16.2. The summed E-state index contributed by atoms with van der Waals surface area (Å²) in [7, 11) is 0. The van der Waals surface area contributed by atoms with E-state index in [0.29, 0.717) is 40.3 Å². The summed E-state index contributed by atoms with van der Waals surface area (Å²) in [6, 6.07) is 16.0. The van der Waals surface area contributed by atoms with Crippen LogP contribution in [0.5, 0.6) is 11.5 Å². The third-order valence-corrected chi connectivity index (χ3v) is 6.83. The first kappa shape index (κ1) is 29.3. The number of nitro benzene ring substituents is 1. The first-order valence-corrected chi connectivity index (χ1v) is 13.5. The van der Waals surface area contributed by atoms with Crippen molar-refractivity contribution in [2.24, 2.45) is 0 Å². The highest BCUT2D eigenvalue weighted by Crippen LogP contribution is 2.36. The Morgan fingerprint density at radius 1 is 1.07 bits per heavy atom. The minimum Gasteiger partial charge on any atom is -0.490 e. The molecule has 1 saturated heterocycles. The first-order valence-electron chi connectivity index (χ1n) is 12.7. The van der Waals surface area contributed by atoms with Crippen LogP contribution < -0.4 is 20.1 Å². The van der Waals surface area contributed by atoms with Crippen molar-refractivity contribution in [3.63, 3.8) is 0 Å². The maximum atomic E-state index is 13.0. The molecule has 4 amide bonds. The second-order valence-corrected chi connectivity index (χ2v) is 9.76. The Bertz CT molecular complexity index is 1520. The van der Waals surface area contributed by atoms with Gasteiger partial charge in [0.05, 0.1) is 11.5 Å². The molecule has 0 aliphatic carbocycles. The summed E-state index contributed by atoms with van der Waals surface area (Å²) in [4.78, 5) is 49.5. The lowest BCUT2D eigenvalue weighted by Crippen LogP contribution is -2.38. The quantitative estimate of drug-likeness (QED) is 0.126. The number of nitrogens with zero attached hydrogens (tertiary/aromatic N) is 2. The van der Waals surface area contributed by atoms with Crippen LogP contribution in [0.1, 0.15) is 30.5 Å². The predicted molar refractivity (Wildman–Crippen MR) is 155 cm³/mol. The highest BCUT2D eigenvalue weighted by molar-refractivity contribution is 9.10. The molecule has 212 valence electrons. The maximum absolute atomic E-state index is 13.0. The van der Waals surface area contributed by atoms with Gasteiger partial charge in [0.15, 0.2) is 11.5 Å². The molecule has 1 aliphatic heterocycles. The van der Waals surface area contributed by atoms with Crippen LogP contribution in [0.25, 0.3) is 6.08 Å². The molecule has 11 nitrogen and oxygen atoms in total. The van der Waals surface area contributed by atoms with E-state index in [4.69, 9.17) is 9.47 Å². The number of halogens is 1. The van der Waals surface area contributed by atoms with Gasteiger partial charge in [-0.25, -0.2) is 9.69 Å². The van der Waals surface area contributed by atoms with Crippen molar-refractivity contribution >= 4 is 51.2 Å². The van der Waals surface area contributed by atoms with Crippen LogP contribution in [0.15, 0.2) is 70.8 Å². The fourth-order valence-corrected chi connectivity index (χ4v) is 4.51. The molecule has 3 aromatic carbocycles. The zero-order chi connectivity index (χ0) is 29.5. The molecule has 41 heavy (non-hydrogen) atoms. The van der Waals surface area contributed by atoms with Gasteiger partial charge in [-0.15, -0.1) is 0 Å². The molecule has 0 aromatic heterocycles. The number of nitro groups is 1. The predicted octanol–water partition coefficient (Wildman–Crippen LogP) is 5.43. The molecule has 1 heterocycles. The van der Waals surface area contributed by atoms with Crippen LogP contribution in [-0.4, -0.2) is 40.8 Å². The van der Waals surface area contributed by atoms with Gasteiger partial charge in [0.25, 0.3) is 11.6 Å². The molecule has 1 aliphatic rings. The van der Waals surface area contributed by atoms with Crippen LogP contribution in [0.3, 0.4) is 0 Å². The number of aryl methyl sites for hydroxylation is 1. The van der Waals surface area contributed by atoms with Crippen LogP contribution in [0.2, 0.25) is 0 Å². The van der Waals surface area contributed by atoms with Crippen LogP contribution in [0.4, 0.5) is 16.2 Å². The van der Waals surface area contributed by atoms with E-state index in [0.717, 1.165) is 16.0 Å². The van der Waals surface area contributed by atoms with E-state index >= 15 is 0 Å². The van der Waals surface area contributed by atoms with E-state index in [2.05, 4.69) is 26.6 Å². The van der Waals surface area contributed by atoms with Crippen molar-refractivity contribution in [3.05, 3.63) is 97.6 Å². The summed E-state index contributed by atoms with van der Waals surface area (Å²) in [6.45, 7) is 3.81. The smallest absolute Gasteiger partial charge is 0.329 e. The van der Waals surface area contributed by atoms with Gasteiger partial charge in [-0.1, -0.05) is 41.1 Å². The Morgan fingerprint density at radius 2 is 1.78 bits per heavy atom. The fraction of sp³-hybridized carbons (Fsp3) is 0.207. The topological polar surface area (TPSA) is 140 Å². The minimum atomic E-state index is -0.704. The molecule has 0 atom stereocenters. The van der Waals surface area contributed by atoms with Gasteiger partial charge in [0.2, 0.25) is 5.91 Å². The van der Waals surface area contributed by atoms with Gasteiger partial charge in [-0.3, -0.25) is 19.7 Å². The number of carbonyl (C=O) groups is 3. The Balaban J connectivity index is 1.48. The van der Waals surface area contributed by atoms with Crippen molar-refractivity contribution < 1.29 is 28.8 Å². The number of hydrogen-bond acceptors (Lipinski definition) is 7. The normalized spacial score (nSPS) is 13.7. The number of non-ortho nitro benzene ring substituents is 1. The minimum absolute atomic E-state index is 0.000505. The van der Waals surface area contributed by atoms with E-state index in [9.17, 15) is 24.5 Å². The third-order valence-electron chi connectivity index (χ3n) is 6.14. The molecule has 1 fully saturated rings. The molecule has 0 unspecified atom stereocenters. The average molecular weight is 623 g/mol. The van der Waals surface area contributed by atoms with E-state index < -0.39 is 29.3 Å². The molecule has 12 heteroatoms. The van der Waals surface area contributed by atoms with Crippen LogP contribution in [0, 0.1) is 10.1 Å². The second kappa shape index (κ2) is 13.1. The Kier molecular flexibility index (Phi) is 9.35. The standard InChI is InChI=1S/C29H27BrN4O7/c1-3-19-7-5-6-8-23(19)31-27(35)16-33-28(36)24(32-29(33)37)13-20-14-25(40-4-2)26(15-22(20)30)41-17-18-9-11-21(12-10-18)34(38)39/h5-15H,3-4,16-17H2,1-2H3,(H,31,35)(H,32,37)/b24-13+. The van der Waals surface area contributed by atoms with Crippen molar-refractivity contribution in [2.45, 2.75) is 26.9 Å². The van der Waals surface area contributed by atoms with Gasteiger partial charge >= 0.3 is 6.03 Å². The Morgan fingerprint density at radius 3 is 2.46 bits per heavy atom. The summed E-state index contributed by atoms with van der Waals surface area (Å²) < 4.78 is 12.2. The fourth-order valence-electron chi connectivity index (χ4n) is 4.07. The molecule has 0 spiro atoms. The first-order chi connectivity index (χ1) is 19.7. The number of carbonyl (C=O) groups excluding carboxylic acids is 3. The van der Waals surface area contributed by atoms with E-state index in [1.165, 1.54) is 18.2 Å². The lowest BCUT2D eigenvalue weighted by Gasteiger charge is -2.14. The van der Waals surface area contributed by atoms with Crippen LogP contribution >= 0.6 is 15.9 Å². The average Bonchev–Trinajstić information content (AvgIpc) is 3.21. The van der Waals surface area contributed by atoms with Crippen molar-refractivity contribution in [1.82, 2.24) is 10.2 Å². The molecular formula is C29H27BrN4O7. The Hall–Kier alpha value is -4.71. The zero-order valence-corrected chi connectivity index (χ0v) is 23.9. The lowest BCUT2D eigenvalue weighted by atomic mass is 10.1. The SMILES string of the molecule is CCOc1cc(/C=C2/NC(=O)N(CC(=O)Nc3ccccc3CC)C2=O)c(Br)cc1OCc1ccc([N+](=O)[O-])cc1. The van der Waals surface area contributed by atoms with E-state index in [-0.39, 0.29) is 18.0 Å². The molecule has 2 N–H and O–H groups in total. The zero-order valence-electron chi connectivity index (χ0n) is 22.3. The summed E-state index contributed by atoms with van der Waals surface area (Å²) in [5.74, 6) is -0.332. The number of nitrogens with one attached hydrogen (secondary N) is 2. The largest absolute Gasteiger partial charge is 0.490 e. The van der Waals surface area contributed by atoms with E-state index in [1.54, 1.807) is 36.4 Å². The van der Waals surface area contributed by atoms with Crippen molar-refractivity contribution in [3.8, 4) is 11.5 Å². The number of ether oxygens (including phenoxy) is 2. The summed E-state index contributed by atoms with van der Waals surface area (Å²) in [5.41, 5.74) is 2.81. The number of urea groups is 1. The molecule has 4 rings (SSSR count). The van der Waals surface area contributed by atoms with E-state index in [1.807, 2.05) is 26.0 Å². The Labute approximate surface area is 244 Å². The van der Waals surface area contributed by atoms with Gasteiger partial charge in [-0.2, -0.15) is 0 Å². The number of benzene rings is 3. The third kappa shape index (κ3) is 7.09. The van der Waals surface area contributed by atoms with Gasteiger partial charge in [0.1, 0.15) is 18.8 Å². The second-order valence-electron chi connectivity index (χ2n) is 8.90. The number of para-hydroxylation sites is 1. The lowest BCUT2D eigenvalue weighted by molar-refractivity contribution is -0.384. The molecule has 0 radical (unpaired) electrons. The summed E-state index contributed by atoms with van der Waals surface area (Å²) in [6.07, 6.45) is 2.20. The van der Waals surface area contributed by atoms with Crippen LogP contribution in [-0.2, 0) is 22.6 Å². The number of amides is 4. The van der Waals surface area contributed by atoms with Gasteiger partial charge in [0, 0.05) is 22.3 Å². The molecular weight excluding hydrogens is 596 g/mol. The summed E-state index contributed by atoms with van der Waals surface area (Å²) >= 11 is 3.48. The number of rotatable bonds is 11. The molecule has 3 aromatic rings. The van der Waals surface area contributed by atoms with Gasteiger partial charge < -0.3 is 20.1 Å². The number of anilines is 1. The van der Waals surface area contributed by atoms with Crippen molar-refractivity contribution in [1.29, 1.82) is 0 Å². The van der Waals surface area contributed by atoms with Crippen molar-refractivity contribution in [2.75, 3.05) is 18.5 Å². The molecule has 0 bridgehead atoms. The molecule has 0 saturated carbocycles. The number of imide groups is 1. The van der Waals surface area contributed by atoms with Gasteiger partial charge in [-0.05, 0) is 66.4 Å². The highest BCUT2D eigenvalue weighted by atomic mass is 79.9. The number of hydrogen-bond donors (Lipinski definition) is 2. The monoisotopic (exact) mass is 622 g/mol.